The number of para-hydroxylation sites is 1. The van der Waals surface area contributed by atoms with E-state index in [0.29, 0.717) is 37.9 Å². The number of pyridine rings is 1. The fourth-order valence-corrected chi connectivity index (χ4v) is 3.97. The van der Waals surface area contributed by atoms with E-state index in [2.05, 4.69) is 15.1 Å². The molecule has 148 valence electrons. The first-order valence-corrected chi connectivity index (χ1v) is 9.91. The largest absolute Gasteiger partial charge is 0.444 e. The molecule has 3 aromatic heterocycles. The summed E-state index contributed by atoms with van der Waals surface area (Å²) < 4.78 is 6.58. The maximum Gasteiger partial charge on any atom is 0.298 e. The molecule has 0 aliphatic carbocycles. The summed E-state index contributed by atoms with van der Waals surface area (Å²) in [4.78, 5) is 21.5. The molecule has 0 saturated heterocycles. The quantitative estimate of drug-likeness (QED) is 0.390. The molecule has 0 bridgehead atoms. The predicted molar refractivity (Wildman–Crippen MR) is 121 cm³/mol. The van der Waals surface area contributed by atoms with Gasteiger partial charge in [0.25, 0.3) is 5.56 Å². The topological polar surface area (TPSA) is 73.8 Å². The highest BCUT2D eigenvalue weighted by Crippen LogP contribution is 2.31. The number of halogens is 2. The Labute approximate surface area is 187 Å². The highest BCUT2D eigenvalue weighted by molar-refractivity contribution is 6.37. The number of rotatable bonds is 3. The van der Waals surface area contributed by atoms with E-state index >= 15 is 0 Å². The van der Waals surface area contributed by atoms with Crippen molar-refractivity contribution in [3.05, 3.63) is 87.7 Å². The Morgan fingerprint density at radius 1 is 1.00 bits per heavy atom. The van der Waals surface area contributed by atoms with Crippen LogP contribution in [0.3, 0.4) is 0 Å². The molecule has 31 heavy (non-hydrogen) atoms. The van der Waals surface area contributed by atoms with Gasteiger partial charge in [0, 0.05) is 22.7 Å². The molecular formula is C22H11BCl2N4O2. The van der Waals surface area contributed by atoms with Crippen LogP contribution in [-0.4, -0.2) is 27.6 Å². The number of nitrogens with zero attached hydrogens (tertiary/aromatic N) is 4. The smallest absolute Gasteiger partial charge is 0.298 e. The molecule has 2 radical (unpaired) electrons. The standard InChI is InChI=1S/C22H11BCl2N4O2/c23-14-8-12(18-10-26-11-31-18)7-13(9-14)19-15-3-2-6-27-20(15)22(30)29(28-19)21-16(24)4-1-5-17(21)25/h1-11H. The molecule has 0 fully saturated rings. The van der Waals surface area contributed by atoms with Crippen LogP contribution in [0.25, 0.3) is 39.2 Å². The van der Waals surface area contributed by atoms with Crippen molar-refractivity contribution in [1.29, 1.82) is 0 Å². The Morgan fingerprint density at radius 3 is 2.52 bits per heavy atom. The number of hydrogen-bond donors (Lipinski definition) is 0. The monoisotopic (exact) mass is 444 g/mol. The zero-order valence-corrected chi connectivity index (χ0v) is 17.3. The second-order valence-electron chi connectivity index (χ2n) is 6.74. The van der Waals surface area contributed by atoms with Crippen LogP contribution in [0.4, 0.5) is 0 Å². The van der Waals surface area contributed by atoms with Crippen LogP contribution in [-0.2, 0) is 0 Å². The molecule has 2 aromatic carbocycles. The van der Waals surface area contributed by atoms with Gasteiger partial charge in [0.15, 0.2) is 12.2 Å². The molecular weight excluding hydrogens is 434 g/mol. The zero-order chi connectivity index (χ0) is 21.5. The highest BCUT2D eigenvalue weighted by Gasteiger charge is 2.18. The Hall–Kier alpha value is -3.42. The maximum atomic E-state index is 13.2. The lowest BCUT2D eigenvalue weighted by Gasteiger charge is -2.14. The Kier molecular flexibility index (Phi) is 4.84. The van der Waals surface area contributed by atoms with Crippen molar-refractivity contribution in [3.63, 3.8) is 0 Å². The van der Waals surface area contributed by atoms with Crippen molar-refractivity contribution < 1.29 is 4.42 Å². The first-order valence-electron chi connectivity index (χ1n) is 9.15. The summed E-state index contributed by atoms with van der Waals surface area (Å²) in [7, 11) is 6.16. The van der Waals surface area contributed by atoms with Gasteiger partial charge in [-0.3, -0.25) is 9.78 Å². The second kappa shape index (κ2) is 7.69. The van der Waals surface area contributed by atoms with E-state index in [1.54, 1.807) is 54.9 Å². The normalized spacial score (nSPS) is 11.2. The third-order valence-electron chi connectivity index (χ3n) is 4.75. The third kappa shape index (κ3) is 3.42. The van der Waals surface area contributed by atoms with E-state index in [1.807, 2.05) is 6.07 Å². The van der Waals surface area contributed by atoms with Crippen LogP contribution in [0, 0.1) is 0 Å². The molecule has 3 heterocycles. The summed E-state index contributed by atoms with van der Waals surface area (Å²) >= 11 is 12.7. The fourth-order valence-electron chi connectivity index (χ4n) is 3.41. The molecule has 0 spiro atoms. The summed E-state index contributed by atoms with van der Waals surface area (Å²) in [5.41, 5.74) is 2.45. The number of fused-ring (bicyclic) bond motifs is 1. The molecule has 6 nitrogen and oxygen atoms in total. The van der Waals surface area contributed by atoms with E-state index in [1.165, 1.54) is 11.1 Å². The van der Waals surface area contributed by atoms with Gasteiger partial charge < -0.3 is 4.42 Å². The molecule has 9 heteroatoms. The number of benzene rings is 2. The first-order chi connectivity index (χ1) is 15.0. The van der Waals surface area contributed by atoms with Gasteiger partial charge in [-0.05, 0) is 30.3 Å². The van der Waals surface area contributed by atoms with Gasteiger partial charge in [-0.15, -0.1) is 0 Å². The lowest BCUT2D eigenvalue weighted by Crippen LogP contribution is -2.23. The highest BCUT2D eigenvalue weighted by atomic mass is 35.5. The average Bonchev–Trinajstić information content (AvgIpc) is 3.30. The molecule has 5 rings (SSSR count). The van der Waals surface area contributed by atoms with Gasteiger partial charge in [-0.25, -0.2) is 4.98 Å². The van der Waals surface area contributed by atoms with Gasteiger partial charge in [-0.1, -0.05) is 46.9 Å². The van der Waals surface area contributed by atoms with Crippen LogP contribution in [0.5, 0.6) is 0 Å². The van der Waals surface area contributed by atoms with Crippen LogP contribution in [0.2, 0.25) is 10.0 Å². The van der Waals surface area contributed by atoms with Crippen molar-refractivity contribution in [2.75, 3.05) is 0 Å². The van der Waals surface area contributed by atoms with Gasteiger partial charge in [0.2, 0.25) is 0 Å². The fraction of sp³-hybridized carbons (Fsp3) is 0. The van der Waals surface area contributed by atoms with E-state index in [-0.39, 0.29) is 11.2 Å². The molecule has 5 aromatic rings. The second-order valence-corrected chi connectivity index (χ2v) is 7.56. The van der Waals surface area contributed by atoms with Gasteiger partial charge in [-0.2, -0.15) is 9.78 Å². The molecule has 0 N–H and O–H groups in total. The Bertz CT molecular complexity index is 1480. The van der Waals surface area contributed by atoms with E-state index < -0.39 is 5.56 Å². The number of aromatic nitrogens is 4. The van der Waals surface area contributed by atoms with Gasteiger partial charge in [0.05, 0.1) is 16.2 Å². The van der Waals surface area contributed by atoms with E-state index in [9.17, 15) is 4.79 Å². The van der Waals surface area contributed by atoms with Crippen LogP contribution < -0.4 is 11.0 Å². The Morgan fingerprint density at radius 2 is 1.77 bits per heavy atom. The minimum Gasteiger partial charge on any atom is -0.444 e. The van der Waals surface area contributed by atoms with Crippen molar-refractivity contribution in [1.82, 2.24) is 19.7 Å². The Balaban J connectivity index is 1.85. The van der Waals surface area contributed by atoms with Gasteiger partial charge >= 0.3 is 0 Å². The molecule has 0 atom stereocenters. The van der Waals surface area contributed by atoms with Crippen LogP contribution >= 0.6 is 23.2 Å². The number of oxazole rings is 1. The summed E-state index contributed by atoms with van der Waals surface area (Å²) in [6.45, 7) is 0. The molecule has 0 aliphatic heterocycles. The lowest BCUT2D eigenvalue weighted by molar-refractivity contribution is 0.572. The summed E-state index contributed by atoms with van der Waals surface area (Å²) in [5, 5.41) is 5.77. The molecule has 0 amide bonds. The first kappa shape index (κ1) is 19.5. The van der Waals surface area contributed by atoms with E-state index in [0.717, 1.165) is 5.56 Å². The number of hydrogen-bond acceptors (Lipinski definition) is 5. The minimum atomic E-state index is -0.436. The minimum absolute atomic E-state index is 0.229. The van der Waals surface area contributed by atoms with E-state index in [4.69, 9.17) is 35.5 Å². The zero-order valence-electron chi connectivity index (χ0n) is 15.8. The molecule has 0 aliphatic rings. The molecule has 0 saturated carbocycles. The third-order valence-corrected chi connectivity index (χ3v) is 5.36. The summed E-state index contributed by atoms with van der Waals surface area (Å²) in [6, 6.07) is 13.9. The van der Waals surface area contributed by atoms with Gasteiger partial charge in [0.1, 0.15) is 24.7 Å². The van der Waals surface area contributed by atoms with Crippen molar-refractivity contribution in [2.24, 2.45) is 0 Å². The maximum absolute atomic E-state index is 13.2. The predicted octanol–water partition coefficient (Wildman–Crippen LogP) is 4.20. The lowest BCUT2D eigenvalue weighted by atomic mass is 9.90. The SMILES string of the molecule is [B]c1cc(-c2cnco2)cc(-c2nn(-c3c(Cl)cccc3Cl)c(=O)c3ncccc23)c1. The molecule has 0 unspecified atom stereocenters. The van der Waals surface area contributed by atoms with Crippen molar-refractivity contribution in [2.45, 2.75) is 0 Å². The average molecular weight is 445 g/mol. The summed E-state index contributed by atoms with van der Waals surface area (Å²) in [6.07, 6.45) is 4.48. The van der Waals surface area contributed by atoms with Crippen molar-refractivity contribution >= 4 is 47.4 Å². The van der Waals surface area contributed by atoms with Crippen LogP contribution in [0.15, 0.2) is 76.5 Å². The summed E-state index contributed by atoms with van der Waals surface area (Å²) in [5.74, 6) is 0.554. The van der Waals surface area contributed by atoms with Crippen molar-refractivity contribution in [3.8, 4) is 28.3 Å². The van der Waals surface area contributed by atoms with Crippen LogP contribution in [0.1, 0.15) is 0 Å².